The van der Waals surface area contributed by atoms with Crippen molar-refractivity contribution in [3.8, 4) is 0 Å². The molecule has 2 nitrogen and oxygen atoms in total. The van der Waals surface area contributed by atoms with Crippen LogP contribution in [-0.2, 0) is 11.3 Å². The van der Waals surface area contributed by atoms with Gasteiger partial charge >= 0.3 is 0 Å². The molecular formula is C14H24FNO. The first kappa shape index (κ1) is 16.1. The minimum atomic E-state index is -0.162. The number of halogens is 1. The Morgan fingerprint density at radius 2 is 1.88 bits per heavy atom. The van der Waals surface area contributed by atoms with E-state index in [0.29, 0.717) is 6.61 Å². The molecule has 98 valence electrons. The van der Waals surface area contributed by atoms with E-state index in [1.807, 2.05) is 33.9 Å². The molecule has 0 aliphatic carbocycles. The van der Waals surface area contributed by atoms with Gasteiger partial charge in [-0.25, -0.2) is 4.39 Å². The molecular weight excluding hydrogens is 217 g/mol. The van der Waals surface area contributed by atoms with Crippen LogP contribution in [-0.4, -0.2) is 32.2 Å². The Morgan fingerprint density at radius 1 is 1.24 bits per heavy atom. The minimum Gasteiger partial charge on any atom is -0.383 e. The number of likely N-dealkylation sites (N-methyl/N-ethyl adjacent to an activating group) is 1. The molecule has 0 heterocycles. The Morgan fingerprint density at radius 3 is 2.41 bits per heavy atom. The van der Waals surface area contributed by atoms with Crippen LogP contribution in [0.5, 0.6) is 0 Å². The van der Waals surface area contributed by atoms with E-state index < -0.39 is 0 Å². The molecule has 0 spiro atoms. The van der Waals surface area contributed by atoms with Gasteiger partial charge in [0.15, 0.2) is 0 Å². The highest BCUT2D eigenvalue weighted by Gasteiger charge is 2.02. The summed E-state index contributed by atoms with van der Waals surface area (Å²) in [6, 6.07) is 5.13. The molecule has 0 aliphatic heterocycles. The largest absolute Gasteiger partial charge is 0.383 e. The molecule has 3 heteroatoms. The maximum Gasteiger partial charge on any atom is 0.123 e. The van der Waals surface area contributed by atoms with Crippen LogP contribution < -0.4 is 0 Å². The molecule has 0 bridgehead atoms. The number of nitrogens with zero attached hydrogens (tertiary/aromatic N) is 1. The Bertz CT molecular complexity index is 295. The zero-order chi connectivity index (χ0) is 13.3. The molecule has 0 fully saturated rings. The summed E-state index contributed by atoms with van der Waals surface area (Å²) in [5.74, 6) is -0.162. The molecule has 0 unspecified atom stereocenters. The third-order valence-electron chi connectivity index (χ3n) is 2.23. The van der Waals surface area contributed by atoms with Gasteiger partial charge < -0.3 is 4.74 Å². The average Bonchev–Trinajstić information content (AvgIpc) is 2.27. The maximum atomic E-state index is 13.1. The van der Waals surface area contributed by atoms with E-state index in [1.165, 1.54) is 0 Å². The Hall–Kier alpha value is -0.930. The molecule has 1 aromatic rings. The van der Waals surface area contributed by atoms with Crippen LogP contribution >= 0.6 is 0 Å². The Kier molecular flexibility index (Phi) is 8.64. The van der Waals surface area contributed by atoms with E-state index >= 15 is 0 Å². The molecule has 1 rings (SSSR count). The van der Waals surface area contributed by atoms with Crippen LogP contribution in [0.3, 0.4) is 0 Å². The molecule has 1 aromatic carbocycles. The van der Waals surface area contributed by atoms with Crippen LogP contribution in [0, 0.1) is 12.7 Å². The lowest BCUT2D eigenvalue weighted by Crippen LogP contribution is -2.22. The van der Waals surface area contributed by atoms with E-state index in [4.69, 9.17) is 4.74 Å². The van der Waals surface area contributed by atoms with Crippen molar-refractivity contribution in [2.24, 2.45) is 0 Å². The number of ether oxygens (including phenoxy) is 1. The first-order valence-corrected chi connectivity index (χ1v) is 6.05. The van der Waals surface area contributed by atoms with Gasteiger partial charge in [-0.2, -0.15) is 0 Å². The van der Waals surface area contributed by atoms with Crippen molar-refractivity contribution in [2.75, 3.05) is 27.3 Å². The molecule has 0 amide bonds. The van der Waals surface area contributed by atoms with Crippen molar-refractivity contribution < 1.29 is 9.13 Å². The van der Waals surface area contributed by atoms with Crippen molar-refractivity contribution in [3.63, 3.8) is 0 Å². The van der Waals surface area contributed by atoms with Gasteiger partial charge in [0.25, 0.3) is 0 Å². The van der Waals surface area contributed by atoms with E-state index in [1.54, 1.807) is 19.2 Å². The lowest BCUT2D eigenvalue weighted by molar-refractivity contribution is 0.158. The van der Waals surface area contributed by atoms with Gasteiger partial charge in [0.1, 0.15) is 5.82 Å². The highest BCUT2D eigenvalue weighted by molar-refractivity contribution is 5.23. The molecule has 0 radical (unpaired) electrons. The van der Waals surface area contributed by atoms with Gasteiger partial charge in [0, 0.05) is 20.2 Å². The molecule has 0 aliphatic rings. The van der Waals surface area contributed by atoms with Gasteiger partial charge in [-0.1, -0.05) is 19.9 Å². The van der Waals surface area contributed by atoms with E-state index in [-0.39, 0.29) is 5.82 Å². The number of hydrogen-bond acceptors (Lipinski definition) is 2. The second kappa shape index (κ2) is 9.14. The van der Waals surface area contributed by atoms with Crippen molar-refractivity contribution in [3.05, 3.63) is 35.1 Å². The summed E-state index contributed by atoms with van der Waals surface area (Å²) in [6.45, 7) is 8.21. The van der Waals surface area contributed by atoms with Crippen LogP contribution in [0.1, 0.15) is 25.0 Å². The highest BCUT2D eigenvalue weighted by Crippen LogP contribution is 2.10. The third kappa shape index (κ3) is 7.08. The zero-order valence-corrected chi connectivity index (χ0v) is 11.6. The van der Waals surface area contributed by atoms with Gasteiger partial charge in [0.05, 0.1) is 6.61 Å². The molecule has 0 atom stereocenters. The minimum absolute atomic E-state index is 0.162. The number of rotatable bonds is 5. The van der Waals surface area contributed by atoms with Crippen LogP contribution in [0.2, 0.25) is 0 Å². The Labute approximate surface area is 104 Å². The molecule has 0 saturated heterocycles. The summed E-state index contributed by atoms with van der Waals surface area (Å²) in [6.07, 6.45) is 0. The number of hydrogen-bond donors (Lipinski definition) is 0. The fourth-order valence-corrected chi connectivity index (χ4v) is 1.54. The summed E-state index contributed by atoms with van der Waals surface area (Å²) in [7, 11) is 3.68. The van der Waals surface area contributed by atoms with Crippen molar-refractivity contribution in [1.82, 2.24) is 4.90 Å². The highest BCUT2D eigenvalue weighted by atomic mass is 19.1. The van der Waals surface area contributed by atoms with Gasteiger partial charge in [0.2, 0.25) is 0 Å². The molecule has 0 N–H and O–H groups in total. The van der Waals surface area contributed by atoms with Gasteiger partial charge in [-0.15, -0.1) is 0 Å². The van der Waals surface area contributed by atoms with Crippen LogP contribution in [0.25, 0.3) is 0 Å². The quantitative estimate of drug-likeness (QED) is 0.784. The first-order chi connectivity index (χ1) is 8.11. The summed E-state index contributed by atoms with van der Waals surface area (Å²) < 4.78 is 18.1. The fraction of sp³-hybridized carbons (Fsp3) is 0.571. The lowest BCUT2D eigenvalue weighted by Gasteiger charge is -2.16. The van der Waals surface area contributed by atoms with Crippen molar-refractivity contribution in [1.29, 1.82) is 0 Å². The second-order valence-corrected chi connectivity index (χ2v) is 3.87. The van der Waals surface area contributed by atoms with E-state index in [0.717, 1.165) is 24.2 Å². The summed E-state index contributed by atoms with van der Waals surface area (Å²) in [5, 5.41) is 0. The standard InChI is InChI=1S/C12H18FNO.C2H6/c1-10-6-11(8-12(13)7-10)9-14(2)4-5-15-3;1-2/h6-8H,4-5,9H2,1-3H3;1-2H3. The topological polar surface area (TPSA) is 12.5 Å². The van der Waals surface area contributed by atoms with Crippen LogP contribution in [0.15, 0.2) is 18.2 Å². The molecule has 0 saturated carbocycles. The second-order valence-electron chi connectivity index (χ2n) is 3.87. The van der Waals surface area contributed by atoms with E-state index in [2.05, 4.69) is 4.90 Å². The monoisotopic (exact) mass is 241 g/mol. The number of benzene rings is 1. The smallest absolute Gasteiger partial charge is 0.123 e. The summed E-state index contributed by atoms with van der Waals surface area (Å²) in [5.41, 5.74) is 1.97. The Balaban J connectivity index is 0.00000121. The van der Waals surface area contributed by atoms with E-state index in [9.17, 15) is 4.39 Å². The van der Waals surface area contributed by atoms with Crippen molar-refractivity contribution >= 4 is 0 Å². The normalized spacial score (nSPS) is 10.1. The average molecular weight is 241 g/mol. The lowest BCUT2D eigenvalue weighted by atomic mass is 10.1. The fourth-order valence-electron chi connectivity index (χ4n) is 1.54. The number of aryl methyl sites for hydroxylation is 1. The molecule has 0 aromatic heterocycles. The maximum absolute atomic E-state index is 13.1. The summed E-state index contributed by atoms with van der Waals surface area (Å²) >= 11 is 0. The van der Waals surface area contributed by atoms with Crippen LogP contribution in [0.4, 0.5) is 4.39 Å². The predicted octanol–water partition coefficient (Wildman–Crippen LogP) is 3.24. The SMILES string of the molecule is CC.COCCN(C)Cc1cc(C)cc(F)c1. The zero-order valence-electron chi connectivity index (χ0n) is 11.6. The van der Waals surface area contributed by atoms with Gasteiger partial charge in [-0.3, -0.25) is 4.90 Å². The third-order valence-corrected chi connectivity index (χ3v) is 2.23. The van der Waals surface area contributed by atoms with Gasteiger partial charge in [-0.05, 0) is 37.2 Å². The van der Waals surface area contributed by atoms with Crippen molar-refractivity contribution in [2.45, 2.75) is 27.3 Å². The summed E-state index contributed by atoms with van der Waals surface area (Å²) in [4.78, 5) is 2.11. The number of methoxy groups -OCH3 is 1. The first-order valence-electron chi connectivity index (χ1n) is 6.05. The molecule has 17 heavy (non-hydrogen) atoms. The predicted molar refractivity (Wildman–Crippen MR) is 70.7 cm³/mol.